The number of carbonyl (C=O) groups excluding carboxylic acids is 1. The number of halogens is 1. The highest BCUT2D eigenvalue weighted by Crippen LogP contribution is 2.27. The minimum absolute atomic E-state index is 0.0599. The molecule has 0 aromatic heterocycles. The molecule has 0 atom stereocenters. The number of hydrogen-bond acceptors (Lipinski definition) is 3. The van der Waals surface area contributed by atoms with E-state index in [1.54, 1.807) is 13.0 Å². The molecule has 1 aliphatic heterocycles. The van der Waals surface area contributed by atoms with Gasteiger partial charge in [-0.25, -0.2) is 12.8 Å². The molecule has 22 heavy (non-hydrogen) atoms. The Balaban J connectivity index is 1.92. The SMILES string of the molecule is Cc1cc(NS(=O)(=O)c2ccc3c(c2)CC(=O)N3)ccc1F. The molecule has 0 aliphatic carbocycles. The van der Waals surface area contributed by atoms with E-state index in [1.807, 2.05) is 0 Å². The van der Waals surface area contributed by atoms with Crippen molar-refractivity contribution < 1.29 is 17.6 Å². The number of sulfonamides is 1. The summed E-state index contributed by atoms with van der Waals surface area (Å²) >= 11 is 0. The number of nitrogens with one attached hydrogen (secondary N) is 2. The van der Waals surface area contributed by atoms with Crippen molar-refractivity contribution in [2.45, 2.75) is 18.2 Å². The zero-order valence-corrected chi connectivity index (χ0v) is 12.5. The molecule has 2 aromatic rings. The molecule has 0 fully saturated rings. The van der Waals surface area contributed by atoms with Gasteiger partial charge in [0.05, 0.1) is 11.3 Å². The van der Waals surface area contributed by atoms with Gasteiger partial charge in [-0.15, -0.1) is 0 Å². The van der Waals surface area contributed by atoms with Crippen LogP contribution in [0.1, 0.15) is 11.1 Å². The molecule has 7 heteroatoms. The van der Waals surface area contributed by atoms with Gasteiger partial charge in [0.2, 0.25) is 5.91 Å². The monoisotopic (exact) mass is 320 g/mol. The number of rotatable bonds is 3. The highest BCUT2D eigenvalue weighted by Gasteiger charge is 2.22. The number of hydrogen-bond donors (Lipinski definition) is 2. The summed E-state index contributed by atoms with van der Waals surface area (Å²) in [6.07, 6.45) is 0.161. The lowest BCUT2D eigenvalue weighted by molar-refractivity contribution is -0.115. The predicted octanol–water partition coefficient (Wildman–Crippen LogP) is 2.43. The summed E-state index contributed by atoms with van der Waals surface area (Å²) in [7, 11) is -3.79. The van der Waals surface area contributed by atoms with Gasteiger partial charge in [-0.05, 0) is 54.4 Å². The van der Waals surface area contributed by atoms with Gasteiger partial charge in [-0.3, -0.25) is 9.52 Å². The van der Waals surface area contributed by atoms with Gasteiger partial charge < -0.3 is 5.32 Å². The molecule has 0 bridgehead atoms. The van der Waals surface area contributed by atoms with Crippen LogP contribution >= 0.6 is 0 Å². The summed E-state index contributed by atoms with van der Waals surface area (Å²) in [5.74, 6) is -0.559. The van der Waals surface area contributed by atoms with Crippen LogP contribution in [0, 0.1) is 12.7 Å². The second kappa shape index (κ2) is 5.10. The van der Waals surface area contributed by atoms with Crippen molar-refractivity contribution in [3.05, 3.63) is 53.3 Å². The van der Waals surface area contributed by atoms with Crippen LogP contribution in [0.15, 0.2) is 41.3 Å². The summed E-state index contributed by atoms with van der Waals surface area (Å²) < 4.78 is 40.4. The average Bonchev–Trinajstić information content (AvgIpc) is 2.81. The van der Waals surface area contributed by atoms with Gasteiger partial charge in [-0.2, -0.15) is 0 Å². The third-order valence-electron chi connectivity index (χ3n) is 3.42. The van der Waals surface area contributed by atoms with Crippen molar-refractivity contribution in [2.24, 2.45) is 0 Å². The molecule has 1 amide bonds. The molecule has 1 heterocycles. The summed E-state index contributed by atoms with van der Waals surface area (Å²) in [5.41, 5.74) is 1.90. The average molecular weight is 320 g/mol. The van der Waals surface area contributed by atoms with Crippen molar-refractivity contribution in [3.8, 4) is 0 Å². The summed E-state index contributed by atoms with van der Waals surface area (Å²) in [6, 6.07) is 8.43. The zero-order chi connectivity index (χ0) is 15.9. The molecule has 0 spiro atoms. The molecule has 5 nitrogen and oxygen atoms in total. The first kappa shape index (κ1) is 14.5. The van der Waals surface area contributed by atoms with Gasteiger partial charge in [0.25, 0.3) is 10.0 Å². The molecule has 0 radical (unpaired) electrons. The molecule has 2 N–H and O–H groups in total. The molecule has 1 aliphatic rings. The van der Waals surface area contributed by atoms with E-state index in [4.69, 9.17) is 0 Å². The lowest BCUT2D eigenvalue weighted by atomic mass is 10.2. The fourth-order valence-electron chi connectivity index (χ4n) is 2.30. The van der Waals surface area contributed by atoms with E-state index in [0.717, 1.165) is 0 Å². The number of fused-ring (bicyclic) bond motifs is 1. The Morgan fingerprint density at radius 1 is 1.18 bits per heavy atom. The normalized spacial score (nSPS) is 13.6. The fourth-order valence-corrected chi connectivity index (χ4v) is 3.39. The maximum absolute atomic E-state index is 13.2. The van der Waals surface area contributed by atoms with Gasteiger partial charge in [0.1, 0.15) is 5.82 Å². The molecule has 3 rings (SSSR count). The first-order chi connectivity index (χ1) is 10.3. The maximum Gasteiger partial charge on any atom is 0.261 e. The van der Waals surface area contributed by atoms with Gasteiger partial charge in [0.15, 0.2) is 0 Å². The van der Waals surface area contributed by atoms with Crippen LogP contribution in [0.25, 0.3) is 0 Å². The Hall–Kier alpha value is -2.41. The largest absolute Gasteiger partial charge is 0.326 e. The Bertz CT molecular complexity index is 878. The number of carbonyl (C=O) groups is 1. The second-order valence-electron chi connectivity index (χ2n) is 5.11. The zero-order valence-electron chi connectivity index (χ0n) is 11.7. The minimum atomic E-state index is -3.79. The molecule has 0 saturated heterocycles. The van der Waals surface area contributed by atoms with E-state index in [0.29, 0.717) is 16.8 Å². The van der Waals surface area contributed by atoms with Crippen molar-refractivity contribution in [1.82, 2.24) is 0 Å². The molecule has 0 saturated carbocycles. The van der Waals surface area contributed by atoms with Crippen LogP contribution in [-0.4, -0.2) is 14.3 Å². The van der Waals surface area contributed by atoms with E-state index in [1.165, 1.54) is 30.3 Å². The van der Waals surface area contributed by atoms with E-state index in [9.17, 15) is 17.6 Å². The molecule has 0 unspecified atom stereocenters. The highest BCUT2D eigenvalue weighted by molar-refractivity contribution is 7.92. The Kier molecular flexibility index (Phi) is 3.37. The van der Waals surface area contributed by atoms with Gasteiger partial charge in [0, 0.05) is 11.4 Å². The number of amides is 1. The van der Waals surface area contributed by atoms with Crippen LogP contribution < -0.4 is 10.0 Å². The van der Waals surface area contributed by atoms with Crippen molar-refractivity contribution in [1.29, 1.82) is 0 Å². The van der Waals surface area contributed by atoms with Crippen LogP contribution in [0.3, 0.4) is 0 Å². The van der Waals surface area contributed by atoms with Gasteiger partial charge >= 0.3 is 0 Å². The highest BCUT2D eigenvalue weighted by atomic mass is 32.2. The third-order valence-corrected chi connectivity index (χ3v) is 4.80. The second-order valence-corrected chi connectivity index (χ2v) is 6.80. The standard InChI is InChI=1S/C15H13FN2O3S/c1-9-6-11(2-4-13(9)16)18-22(20,21)12-3-5-14-10(7-12)8-15(19)17-14/h2-7,18H,8H2,1H3,(H,17,19). The number of anilines is 2. The molecule has 2 aromatic carbocycles. The fraction of sp³-hybridized carbons (Fsp3) is 0.133. The smallest absolute Gasteiger partial charge is 0.261 e. The number of benzene rings is 2. The van der Waals surface area contributed by atoms with Crippen LogP contribution in [0.2, 0.25) is 0 Å². The predicted molar refractivity (Wildman–Crippen MR) is 80.7 cm³/mol. The van der Waals surface area contributed by atoms with Crippen LogP contribution in [0.4, 0.5) is 15.8 Å². The molecular weight excluding hydrogens is 307 g/mol. The van der Waals surface area contributed by atoms with E-state index >= 15 is 0 Å². The Morgan fingerprint density at radius 3 is 2.68 bits per heavy atom. The summed E-state index contributed by atoms with van der Waals surface area (Å²) in [4.78, 5) is 11.4. The lowest BCUT2D eigenvalue weighted by Crippen LogP contribution is -2.13. The maximum atomic E-state index is 13.2. The quantitative estimate of drug-likeness (QED) is 0.912. The summed E-state index contributed by atoms with van der Waals surface area (Å²) in [5, 5.41) is 2.64. The van der Waals surface area contributed by atoms with Crippen molar-refractivity contribution >= 4 is 27.3 Å². The lowest BCUT2D eigenvalue weighted by Gasteiger charge is -2.10. The van der Waals surface area contributed by atoms with Crippen LogP contribution in [0.5, 0.6) is 0 Å². The molecule has 114 valence electrons. The van der Waals surface area contributed by atoms with Gasteiger partial charge in [-0.1, -0.05) is 0 Å². The number of aryl methyl sites for hydroxylation is 1. The first-order valence-corrected chi connectivity index (χ1v) is 8.05. The van der Waals surface area contributed by atoms with E-state index in [2.05, 4.69) is 10.0 Å². The van der Waals surface area contributed by atoms with E-state index in [-0.39, 0.29) is 22.9 Å². The summed E-state index contributed by atoms with van der Waals surface area (Å²) in [6.45, 7) is 1.56. The Morgan fingerprint density at radius 2 is 1.95 bits per heavy atom. The van der Waals surface area contributed by atoms with Crippen molar-refractivity contribution in [2.75, 3.05) is 10.0 Å². The minimum Gasteiger partial charge on any atom is -0.326 e. The van der Waals surface area contributed by atoms with Crippen LogP contribution in [-0.2, 0) is 21.2 Å². The van der Waals surface area contributed by atoms with E-state index < -0.39 is 15.8 Å². The topological polar surface area (TPSA) is 75.3 Å². The third kappa shape index (κ3) is 2.67. The van der Waals surface area contributed by atoms with Crippen molar-refractivity contribution in [3.63, 3.8) is 0 Å². The first-order valence-electron chi connectivity index (χ1n) is 6.57. The Labute approximate surface area is 127 Å². The molecular formula is C15H13FN2O3S.